The third-order valence-corrected chi connectivity index (χ3v) is 8.10. The van der Waals surface area contributed by atoms with Crippen LogP contribution in [0.25, 0.3) is 34.1 Å². The second-order valence-electron chi connectivity index (χ2n) is 8.97. The van der Waals surface area contributed by atoms with E-state index in [0.29, 0.717) is 6.92 Å². The molecule has 4 aromatic heterocycles. The van der Waals surface area contributed by atoms with Gasteiger partial charge in [0.1, 0.15) is 11.1 Å². The first-order chi connectivity index (χ1) is 17.6. The lowest BCUT2D eigenvalue weighted by Crippen LogP contribution is -2.36. The molecule has 1 saturated carbocycles. The van der Waals surface area contributed by atoms with Crippen molar-refractivity contribution in [1.82, 2.24) is 29.8 Å². The fourth-order valence-corrected chi connectivity index (χ4v) is 5.03. The molecule has 38 heavy (non-hydrogen) atoms. The monoisotopic (exact) mass is 559 g/mol. The van der Waals surface area contributed by atoms with Crippen LogP contribution >= 0.6 is 0 Å². The Bertz CT molecular complexity index is 1690. The maximum atomic E-state index is 13.8. The number of fused-ring (bicyclic) bond motifs is 1. The van der Waals surface area contributed by atoms with Crippen molar-refractivity contribution in [2.75, 3.05) is 5.75 Å². The van der Waals surface area contributed by atoms with E-state index in [1.807, 2.05) is 0 Å². The summed E-state index contributed by atoms with van der Waals surface area (Å²) in [7, 11) is -2.69. The minimum atomic E-state index is -4.59. The van der Waals surface area contributed by atoms with Crippen LogP contribution < -0.4 is 4.85 Å². The average Bonchev–Trinajstić information content (AvgIpc) is 3.39. The van der Waals surface area contributed by atoms with Crippen LogP contribution in [-0.4, -0.2) is 50.1 Å². The van der Waals surface area contributed by atoms with Crippen LogP contribution in [0.3, 0.4) is 0 Å². The van der Waals surface area contributed by atoms with Crippen LogP contribution in [-0.2, 0) is 28.2 Å². The number of nitrogens with zero attached hydrogens (tertiary/aromatic N) is 7. The van der Waals surface area contributed by atoms with Gasteiger partial charge >= 0.3 is 11.8 Å². The van der Waals surface area contributed by atoms with E-state index in [0.717, 1.165) is 22.9 Å². The summed E-state index contributed by atoms with van der Waals surface area (Å²) >= 11 is 0. The number of alkyl halides is 5. The van der Waals surface area contributed by atoms with Crippen molar-refractivity contribution < 1.29 is 39.7 Å². The van der Waals surface area contributed by atoms with E-state index in [9.17, 15) is 35.6 Å². The van der Waals surface area contributed by atoms with E-state index in [1.54, 1.807) is 0 Å². The van der Waals surface area contributed by atoms with E-state index in [-0.39, 0.29) is 62.4 Å². The van der Waals surface area contributed by atoms with Crippen molar-refractivity contribution in [2.24, 2.45) is 7.05 Å². The van der Waals surface area contributed by atoms with Gasteiger partial charge in [-0.25, -0.2) is 18.0 Å². The van der Waals surface area contributed by atoms with Crippen LogP contribution in [0, 0.1) is 5.21 Å². The van der Waals surface area contributed by atoms with Crippen LogP contribution in [0.5, 0.6) is 0 Å². The number of sulfone groups is 1. The highest BCUT2D eigenvalue weighted by atomic mass is 32.2. The molecular formula is C21H18F5N7O4S. The molecular weight excluding hydrogens is 541 g/mol. The molecule has 202 valence electrons. The number of pyridine rings is 1. The molecule has 4 heterocycles. The predicted octanol–water partition coefficient (Wildman–Crippen LogP) is 3.21. The number of aryl methyl sites for hydroxylation is 1. The maximum absolute atomic E-state index is 13.8. The molecule has 1 aliphatic rings. The first-order valence-electron chi connectivity index (χ1n) is 11.1. The summed E-state index contributed by atoms with van der Waals surface area (Å²) in [5.74, 6) is -4.91. The van der Waals surface area contributed by atoms with Gasteiger partial charge in [-0.1, -0.05) is 17.2 Å². The molecule has 11 nitrogen and oxygen atoms in total. The van der Waals surface area contributed by atoms with Crippen LogP contribution in [0.1, 0.15) is 38.3 Å². The van der Waals surface area contributed by atoms with Gasteiger partial charge in [-0.15, -0.1) is 4.85 Å². The Hall–Kier alpha value is -3.76. The van der Waals surface area contributed by atoms with E-state index < -0.39 is 38.9 Å². The average molecular weight is 559 g/mol. The van der Waals surface area contributed by atoms with Gasteiger partial charge in [0, 0.05) is 24.8 Å². The summed E-state index contributed by atoms with van der Waals surface area (Å²) in [6.07, 6.45) is -3.90. The van der Waals surface area contributed by atoms with Gasteiger partial charge in [0.05, 0.1) is 17.7 Å². The normalized spacial score (nSPS) is 15.8. The van der Waals surface area contributed by atoms with Crippen LogP contribution in [0.15, 0.2) is 27.7 Å². The molecule has 0 amide bonds. The minimum absolute atomic E-state index is 0.0408. The predicted molar refractivity (Wildman–Crippen MR) is 118 cm³/mol. The number of hydrogen-bond acceptors (Lipinski definition) is 9. The van der Waals surface area contributed by atoms with Crippen molar-refractivity contribution in [3.05, 3.63) is 35.1 Å². The zero-order chi connectivity index (χ0) is 27.8. The Morgan fingerprint density at radius 3 is 2.45 bits per heavy atom. The molecule has 1 fully saturated rings. The summed E-state index contributed by atoms with van der Waals surface area (Å²) in [6, 6.07) is 2.02. The number of rotatable bonds is 6. The zero-order valence-electron chi connectivity index (χ0n) is 19.9. The molecule has 0 atom stereocenters. The lowest BCUT2D eigenvalue weighted by Gasteiger charge is -2.13. The van der Waals surface area contributed by atoms with Gasteiger partial charge in [0.2, 0.25) is 17.5 Å². The number of hydrogen-bond donors (Lipinski definition) is 0. The smallest absolute Gasteiger partial charge is 0.403 e. The molecule has 4 aromatic rings. The highest BCUT2D eigenvalue weighted by Gasteiger charge is 2.68. The van der Waals surface area contributed by atoms with Gasteiger partial charge < -0.3 is 9.73 Å². The molecule has 0 unspecified atom stereocenters. The Labute approximate surface area is 210 Å². The highest BCUT2D eigenvalue weighted by Crippen LogP contribution is 2.58. The van der Waals surface area contributed by atoms with Crippen molar-refractivity contribution in [3.8, 4) is 22.9 Å². The molecule has 5 rings (SSSR count). The highest BCUT2D eigenvalue weighted by molar-refractivity contribution is 7.91. The second-order valence-corrected chi connectivity index (χ2v) is 11.2. The van der Waals surface area contributed by atoms with Crippen LogP contribution in [0.4, 0.5) is 22.0 Å². The van der Waals surface area contributed by atoms with Gasteiger partial charge in [0.25, 0.3) is 5.92 Å². The van der Waals surface area contributed by atoms with Crippen LogP contribution in [0.2, 0.25) is 0 Å². The number of halogens is 5. The Morgan fingerprint density at radius 1 is 1.18 bits per heavy atom. The summed E-state index contributed by atoms with van der Waals surface area (Å²) in [4.78, 5) is 11.7. The topological polar surface area (TPSA) is 144 Å². The summed E-state index contributed by atoms with van der Waals surface area (Å²) in [5.41, 5.74) is -3.75. The lowest BCUT2D eigenvalue weighted by atomic mass is 10.1. The quantitative estimate of drug-likeness (QED) is 0.198. The molecule has 0 aliphatic heterocycles. The molecule has 1 aliphatic carbocycles. The minimum Gasteiger partial charge on any atom is -0.691 e. The lowest BCUT2D eigenvalue weighted by molar-refractivity contribution is -0.647. The van der Waals surface area contributed by atoms with Gasteiger partial charge in [0.15, 0.2) is 21.0 Å². The standard InChI is InChI=1S/C21H18F5N7O4S/c1-4-38(35,36)12-7-10(15-29-18(37-31-15)20(5-6-20)21(24,25)26)9-27-14(12)16-28-11-8-13(19(2,22)23)30-33(34)17(11)32(16)3/h7-9H,4-6H2,1-3H3. The van der Waals surface area contributed by atoms with E-state index in [1.165, 1.54) is 14.0 Å². The Balaban J connectivity index is 1.66. The molecule has 0 aromatic carbocycles. The van der Waals surface area contributed by atoms with Gasteiger partial charge in [-0.2, -0.15) is 31.9 Å². The first kappa shape index (κ1) is 25.9. The zero-order valence-corrected chi connectivity index (χ0v) is 20.7. The number of aromatic nitrogens is 7. The Kier molecular flexibility index (Phi) is 5.53. The largest absolute Gasteiger partial charge is 0.691 e. The van der Waals surface area contributed by atoms with Gasteiger partial charge in [-0.3, -0.25) is 0 Å². The summed E-state index contributed by atoms with van der Waals surface area (Å²) in [5, 5.41) is 19.3. The van der Waals surface area contributed by atoms with Gasteiger partial charge in [-0.05, 0) is 18.9 Å². The molecule has 0 N–H and O–H groups in total. The number of imidazole rings is 1. The fraction of sp³-hybridized carbons (Fsp3) is 0.429. The second kappa shape index (κ2) is 8.12. The van der Waals surface area contributed by atoms with Crippen molar-refractivity contribution in [2.45, 2.75) is 49.1 Å². The van der Waals surface area contributed by atoms with Crippen molar-refractivity contribution in [1.29, 1.82) is 0 Å². The SMILES string of the molecule is CCS(=O)(=O)c1cc(-c2noc(C3(C(F)(F)F)CC3)n2)cnc1-c1nc2cc(C(C)(F)F)n[n+]([O-])c2n1C. The molecule has 0 radical (unpaired) electrons. The maximum Gasteiger partial charge on any atom is 0.403 e. The molecule has 17 heteroatoms. The van der Waals surface area contributed by atoms with Crippen molar-refractivity contribution >= 4 is 21.0 Å². The third kappa shape index (κ3) is 3.95. The summed E-state index contributed by atoms with van der Waals surface area (Å²) in [6.45, 7) is 1.92. The summed E-state index contributed by atoms with van der Waals surface area (Å²) < 4.78 is 99.9. The fourth-order valence-electron chi connectivity index (χ4n) is 3.97. The van der Waals surface area contributed by atoms with E-state index in [4.69, 9.17) is 4.52 Å². The molecule has 0 spiro atoms. The van der Waals surface area contributed by atoms with E-state index in [2.05, 4.69) is 25.2 Å². The molecule has 0 saturated heterocycles. The van der Waals surface area contributed by atoms with E-state index >= 15 is 0 Å². The first-order valence-corrected chi connectivity index (χ1v) is 12.7. The Morgan fingerprint density at radius 2 is 1.87 bits per heavy atom. The van der Waals surface area contributed by atoms with Crippen molar-refractivity contribution in [3.63, 3.8) is 0 Å². The molecule has 0 bridgehead atoms. The third-order valence-electron chi connectivity index (χ3n) is 6.36.